The van der Waals surface area contributed by atoms with E-state index in [1.165, 1.54) is 0 Å². The van der Waals surface area contributed by atoms with Crippen LogP contribution < -0.4 is 14.8 Å². The molecule has 0 saturated carbocycles. The molecule has 0 bridgehead atoms. The Bertz CT molecular complexity index is 746. The Morgan fingerprint density at radius 3 is 2.85 bits per heavy atom. The Morgan fingerprint density at radius 1 is 1.35 bits per heavy atom. The smallest absolute Gasteiger partial charge is 0.251 e. The number of rotatable bonds is 7. The van der Waals surface area contributed by atoms with Crippen LogP contribution in [0, 0.1) is 13.8 Å². The third-order valence-electron chi connectivity index (χ3n) is 4.49. The third kappa shape index (κ3) is 4.16. The van der Waals surface area contributed by atoms with Gasteiger partial charge < -0.3 is 24.1 Å². The molecule has 1 atom stereocenters. The van der Waals surface area contributed by atoms with E-state index in [1.54, 1.807) is 25.3 Å². The van der Waals surface area contributed by atoms with Gasteiger partial charge in [0.25, 0.3) is 5.91 Å². The van der Waals surface area contributed by atoms with Crippen LogP contribution in [-0.2, 0) is 11.3 Å². The number of benzene rings is 1. The zero-order valence-corrected chi connectivity index (χ0v) is 15.3. The van der Waals surface area contributed by atoms with Gasteiger partial charge >= 0.3 is 0 Å². The molecule has 1 fully saturated rings. The van der Waals surface area contributed by atoms with E-state index in [0.717, 1.165) is 36.5 Å². The number of aryl methyl sites for hydroxylation is 2. The second-order valence-corrected chi connectivity index (χ2v) is 6.30. The molecule has 1 N–H and O–H groups in total. The van der Waals surface area contributed by atoms with E-state index in [2.05, 4.69) is 10.5 Å². The Kier molecular flexibility index (Phi) is 5.78. The first-order valence-corrected chi connectivity index (χ1v) is 8.71. The number of hydrogen-bond donors (Lipinski definition) is 1. The summed E-state index contributed by atoms with van der Waals surface area (Å²) in [4.78, 5) is 12.3. The molecule has 3 rings (SSSR count). The first-order chi connectivity index (χ1) is 12.6. The first kappa shape index (κ1) is 18.3. The summed E-state index contributed by atoms with van der Waals surface area (Å²) in [6, 6.07) is 5.13. The zero-order chi connectivity index (χ0) is 18.5. The molecule has 7 nitrogen and oxygen atoms in total. The fourth-order valence-electron chi connectivity index (χ4n) is 2.90. The minimum atomic E-state index is -0.156. The third-order valence-corrected chi connectivity index (χ3v) is 4.49. The van der Waals surface area contributed by atoms with E-state index in [-0.39, 0.29) is 12.0 Å². The van der Waals surface area contributed by atoms with Crippen molar-refractivity contribution in [3.8, 4) is 11.5 Å². The normalized spacial score (nSPS) is 16.5. The van der Waals surface area contributed by atoms with Gasteiger partial charge in [0.15, 0.2) is 11.5 Å². The number of carbonyl (C=O) groups is 1. The molecule has 7 heteroatoms. The van der Waals surface area contributed by atoms with Crippen molar-refractivity contribution in [1.29, 1.82) is 0 Å². The van der Waals surface area contributed by atoms with Crippen LogP contribution in [0.4, 0.5) is 0 Å². The number of hydrogen-bond acceptors (Lipinski definition) is 6. The van der Waals surface area contributed by atoms with Crippen LogP contribution in [0.25, 0.3) is 0 Å². The fourth-order valence-corrected chi connectivity index (χ4v) is 2.90. The standard InChI is InChI=1S/C19H24N2O5/c1-12-16(13(2)26-21-12)11-25-17-7-6-14(9-18(17)23-3)19(22)20-10-15-5-4-8-24-15/h6-7,9,15H,4-5,8,10-11H2,1-3H3,(H,20,22)/t15-/m0/s1. The molecule has 2 aromatic rings. The van der Waals surface area contributed by atoms with Crippen molar-refractivity contribution in [1.82, 2.24) is 10.5 Å². The van der Waals surface area contributed by atoms with Gasteiger partial charge in [-0.15, -0.1) is 0 Å². The largest absolute Gasteiger partial charge is 0.493 e. The SMILES string of the molecule is COc1cc(C(=O)NC[C@@H]2CCCO2)ccc1OCc1c(C)noc1C. The Balaban J connectivity index is 1.64. The van der Waals surface area contributed by atoms with E-state index >= 15 is 0 Å². The van der Waals surface area contributed by atoms with Gasteiger partial charge in [-0.3, -0.25) is 4.79 Å². The molecular formula is C19H24N2O5. The predicted molar refractivity (Wildman–Crippen MR) is 94.6 cm³/mol. The molecule has 1 aromatic carbocycles. The number of ether oxygens (including phenoxy) is 3. The van der Waals surface area contributed by atoms with Gasteiger partial charge in [0, 0.05) is 18.7 Å². The molecule has 0 unspecified atom stereocenters. The maximum Gasteiger partial charge on any atom is 0.251 e. The summed E-state index contributed by atoms with van der Waals surface area (Å²) in [6.07, 6.45) is 2.14. The van der Waals surface area contributed by atoms with Crippen LogP contribution in [0.3, 0.4) is 0 Å². The van der Waals surface area contributed by atoms with Crippen LogP contribution in [0.5, 0.6) is 11.5 Å². The molecule has 2 heterocycles. The summed E-state index contributed by atoms with van der Waals surface area (Å²) in [5.41, 5.74) is 2.22. The lowest BCUT2D eigenvalue weighted by Gasteiger charge is -2.13. The van der Waals surface area contributed by atoms with Crippen molar-refractivity contribution < 1.29 is 23.5 Å². The predicted octanol–water partition coefficient (Wildman–Crippen LogP) is 2.79. The van der Waals surface area contributed by atoms with Crippen molar-refractivity contribution in [2.24, 2.45) is 0 Å². The number of aromatic nitrogens is 1. The van der Waals surface area contributed by atoms with Crippen LogP contribution >= 0.6 is 0 Å². The Morgan fingerprint density at radius 2 is 2.19 bits per heavy atom. The lowest BCUT2D eigenvalue weighted by Crippen LogP contribution is -2.31. The van der Waals surface area contributed by atoms with Crippen molar-refractivity contribution in [3.63, 3.8) is 0 Å². The number of methoxy groups -OCH3 is 1. The van der Waals surface area contributed by atoms with Crippen LogP contribution in [0.1, 0.15) is 40.2 Å². The molecule has 1 aliphatic heterocycles. The molecular weight excluding hydrogens is 336 g/mol. The summed E-state index contributed by atoms with van der Waals surface area (Å²) in [6.45, 7) is 5.32. The molecule has 1 aliphatic rings. The number of nitrogens with one attached hydrogen (secondary N) is 1. The zero-order valence-electron chi connectivity index (χ0n) is 15.3. The maximum absolute atomic E-state index is 12.3. The van der Waals surface area contributed by atoms with Crippen molar-refractivity contribution in [3.05, 3.63) is 40.8 Å². The molecule has 1 amide bonds. The van der Waals surface area contributed by atoms with Crippen molar-refractivity contribution in [2.45, 2.75) is 39.4 Å². The van der Waals surface area contributed by atoms with Crippen LogP contribution in [-0.4, -0.2) is 37.4 Å². The first-order valence-electron chi connectivity index (χ1n) is 8.71. The topological polar surface area (TPSA) is 82.8 Å². The number of nitrogens with zero attached hydrogens (tertiary/aromatic N) is 1. The molecule has 140 valence electrons. The van der Waals surface area contributed by atoms with Gasteiger partial charge in [-0.2, -0.15) is 0 Å². The average molecular weight is 360 g/mol. The average Bonchev–Trinajstić information content (AvgIpc) is 3.28. The van der Waals surface area contributed by atoms with Gasteiger partial charge in [0.05, 0.1) is 24.5 Å². The van der Waals surface area contributed by atoms with E-state index in [9.17, 15) is 4.79 Å². The molecule has 1 aromatic heterocycles. The van der Waals surface area contributed by atoms with Gasteiger partial charge in [0.2, 0.25) is 0 Å². The van der Waals surface area contributed by atoms with E-state index in [0.29, 0.717) is 30.2 Å². The second-order valence-electron chi connectivity index (χ2n) is 6.30. The quantitative estimate of drug-likeness (QED) is 0.817. The summed E-state index contributed by atoms with van der Waals surface area (Å²) in [5, 5.41) is 6.81. The highest BCUT2D eigenvalue weighted by Gasteiger charge is 2.18. The Hall–Kier alpha value is -2.54. The van der Waals surface area contributed by atoms with Gasteiger partial charge in [-0.25, -0.2) is 0 Å². The minimum Gasteiger partial charge on any atom is -0.493 e. The lowest BCUT2D eigenvalue weighted by atomic mass is 10.1. The lowest BCUT2D eigenvalue weighted by molar-refractivity contribution is 0.0857. The Labute approximate surface area is 152 Å². The van der Waals surface area contributed by atoms with Crippen LogP contribution in [0.15, 0.2) is 22.7 Å². The number of amides is 1. The number of carbonyl (C=O) groups excluding carboxylic acids is 1. The van der Waals surface area contributed by atoms with E-state index in [1.807, 2.05) is 13.8 Å². The highest BCUT2D eigenvalue weighted by Crippen LogP contribution is 2.29. The van der Waals surface area contributed by atoms with Crippen molar-refractivity contribution in [2.75, 3.05) is 20.3 Å². The molecule has 1 saturated heterocycles. The molecule has 0 aliphatic carbocycles. The van der Waals surface area contributed by atoms with Gasteiger partial charge in [-0.1, -0.05) is 5.16 Å². The molecule has 0 radical (unpaired) electrons. The summed E-state index contributed by atoms with van der Waals surface area (Å²) >= 11 is 0. The highest BCUT2D eigenvalue weighted by atomic mass is 16.5. The van der Waals surface area contributed by atoms with Gasteiger partial charge in [0.1, 0.15) is 12.4 Å². The summed E-state index contributed by atoms with van der Waals surface area (Å²) in [7, 11) is 1.55. The highest BCUT2D eigenvalue weighted by molar-refractivity contribution is 5.94. The van der Waals surface area contributed by atoms with E-state index < -0.39 is 0 Å². The van der Waals surface area contributed by atoms with Crippen molar-refractivity contribution >= 4 is 5.91 Å². The maximum atomic E-state index is 12.3. The summed E-state index contributed by atoms with van der Waals surface area (Å²) < 4.78 is 21.9. The minimum absolute atomic E-state index is 0.110. The molecule has 0 spiro atoms. The van der Waals surface area contributed by atoms with E-state index in [4.69, 9.17) is 18.7 Å². The molecule has 26 heavy (non-hydrogen) atoms. The monoisotopic (exact) mass is 360 g/mol. The van der Waals surface area contributed by atoms with Gasteiger partial charge in [-0.05, 0) is 44.9 Å². The fraction of sp³-hybridized carbons (Fsp3) is 0.474. The summed E-state index contributed by atoms with van der Waals surface area (Å²) in [5.74, 6) is 1.63. The van der Waals surface area contributed by atoms with Crippen LogP contribution in [0.2, 0.25) is 0 Å². The second kappa shape index (κ2) is 8.23.